The Bertz CT molecular complexity index is 479. The van der Waals surface area contributed by atoms with Crippen LogP contribution in [0.1, 0.15) is 25.7 Å². The summed E-state index contributed by atoms with van der Waals surface area (Å²) in [4.78, 5) is 14.6. The van der Waals surface area contributed by atoms with Crippen LogP contribution in [0.2, 0.25) is 0 Å². The number of morpholine rings is 1. The lowest BCUT2D eigenvalue weighted by Crippen LogP contribution is -2.53. The number of ether oxygens (including phenoxy) is 2. The summed E-state index contributed by atoms with van der Waals surface area (Å²) in [6.07, 6.45) is 7.46. The monoisotopic (exact) mass is 308 g/mol. The molecule has 1 amide bonds. The lowest BCUT2D eigenvalue weighted by molar-refractivity contribution is -0.144. The van der Waals surface area contributed by atoms with Crippen LogP contribution in [0.4, 0.5) is 0 Å². The van der Waals surface area contributed by atoms with Crippen LogP contribution in [0.15, 0.2) is 12.4 Å². The van der Waals surface area contributed by atoms with Crippen molar-refractivity contribution in [3.63, 3.8) is 0 Å². The van der Waals surface area contributed by atoms with Crippen molar-refractivity contribution in [3.05, 3.63) is 12.4 Å². The SMILES string of the molecule is CO[C@@H]1CCC[C@H]1[C@@H]1COCCN1C(=O)CCn1ccnn1. The Labute approximate surface area is 130 Å². The van der Waals surface area contributed by atoms with E-state index in [2.05, 4.69) is 10.3 Å². The van der Waals surface area contributed by atoms with Crippen molar-refractivity contribution in [2.45, 2.75) is 44.4 Å². The smallest absolute Gasteiger partial charge is 0.224 e. The van der Waals surface area contributed by atoms with Gasteiger partial charge in [0.2, 0.25) is 5.91 Å². The minimum Gasteiger partial charge on any atom is -0.381 e. The molecule has 7 heteroatoms. The van der Waals surface area contributed by atoms with Crippen molar-refractivity contribution >= 4 is 5.91 Å². The van der Waals surface area contributed by atoms with Crippen LogP contribution in [0.5, 0.6) is 0 Å². The van der Waals surface area contributed by atoms with Crippen LogP contribution in [-0.4, -0.2) is 64.8 Å². The maximum absolute atomic E-state index is 12.6. The number of nitrogens with zero attached hydrogens (tertiary/aromatic N) is 4. The minimum atomic E-state index is 0.143. The second-order valence-electron chi connectivity index (χ2n) is 6.01. The lowest BCUT2D eigenvalue weighted by atomic mass is 9.94. The standard InChI is InChI=1S/C15H24N4O3/c1-21-14-4-2-3-12(14)13-11-22-10-9-19(13)15(20)5-7-18-8-6-16-17-18/h6,8,12-14H,2-5,7,9-11H2,1H3/t12-,13-,14+/m0/s1. The number of carbonyl (C=O) groups is 1. The first kappa shape index (κ1) is 15.4. The van der Waals surface area contributed by atoms with Gasteiger partial charge in [0.25, 0.3) is 0 Å². The predicted octanol–water partition coefficient (Wildman–Crippen LogP) is 0.711. The number of aromatic nitrogens is 3. The predicted molar refractivity (Wildman–Crippen MR) is 79.1 cm³/mol. The topological polar surface area (TPSA) is 69.5 Å². The van der Waals surface area contributed by atoms with Crippen molar-refractivity contribution in [3.8, 4) is 0 Å². The summed E-state index contributed by atoms with van der Waals surface area (Å²) in [5.41, 5.74) is 0. The van der Waals surface area contributed by atoms with Crippen molar-refractivity contribution < 1.29 is 14.3 Å². The Kier molecular flexibility index (Phi) is 5.04. The minimum absolute atomic E-state index is 0.143. The van der Waals surface area contributed by atoms with Gasteiger partial charge in [0, 0.05) is 32.2 Å². The first-order chi connectivity index (χ1) is 10.8. The molecule has 2 aliphatic rings. The van der Waals surface area contributed by atoms with Gasteiger partial charge in [-0.2, -0.15) is 0 Å². The van der Waals surface area contributed by atoms with E-state index in [0.717, 1.165) is 12.8 Å². The van der Waals surface area contributed by atoms with E-state index in [1.54, 1.807) is 24.2 Å². The number of rotatable bonds is 5. The van der Waals surface area contributed by atoms with Gasteiger partial charge in [-0.15, -0.1) is 5.10 Å². The van der Waals surface area contributed by atoms with E-state index >= 15 is 0 Å². The Balaban J connectivity index is 1.62. The van der Waals surface area contributed by atoms with E-state index in [1.165, 1.54) is 6.42 Å². The molecule has 122 valence electrons. The molecule has 1 aliphatic carbocycles. The molecule has 2 fully saturated rings. The molecule has 3 atom stereocenters. The van der Waals surface area contributed by atoms with Crippen molar-refractivity contribution in [2.75, 3.05) is 26.9 Å². The molecular weight excluding hydrogens is 284 g/mol. The zero-order valence-corrected chi connectivity index (χ0v) is 13.1. The van der Waals surface area contributed by atoms with Gasteiger partial charge in [-0.1, -0.05) is 11.6 Å². The number of hydrogen-bond acceptors (Lipinski definition) is 5. The van der Waals surface area contributed by atoms with Crippen LogP contribution >= 0.6 is 0 Å². The second-order valence-corrected chi connectivity index (χ2v) is 6.01. The highest BCUT2D eigenvalue weighted by molar-refractivity contribution is 5.76. The number of methoxy groups -OCH3 is 1. The highest BCUT2D eigenvalue weighted by atomic mass is 16.5. The summed E-state index contributed by atoms with van der Waals surface area (Å²) in [5.74, 6) is 0.561. The van der Waals surface area contributed by atoms with Gasteiger partial charge in [0.05, 0.1) is 38.1 Å². The molecular formula is C15H24N4O3. The molecule has 1 saturated carbocycles. The first-order valence-corrected chi connectivity index (χ1v) is 8.03. The van der Waals surface area contributed by atoms with Gasteiger partial charge in [-0.3, -0.25) is 9.48 Å². The summed E-state index contributed by atoms with van der Waals surface area (Å²) < 4.78 is 12.9. The van der Waals surface area contributed by atoms with E-state index in [0.29, 0.717) is 38.6 Å². The molecule has 3 rings (SSSR count). The maximum Gasteiger partial charge on any atom is 0.224 e. The average molecular weight is 308 g/mol. The summed E-state index contributed by atoms with van der Waals surface area (Å²) in [7, 11) is 1.77. The first-order valence-electron chi connectivity index (χ1n) is 8.03. The van der Waals surface area contributed by atoms with Gasteiger partial charge in [-0.25, -0.2) is 0 Å². The molecule has 0 aromatic carbocycles. The largest absolute Gasteiger partial charge is 0.381 e. The number of hydrogen-bond donors (Lipinski definition) is 0. The maximum atomic E-state index is 12.6. The Hall–Kier alpha value is -1.47. The van der Waals surface area contributed by atoms with Gasteiger partial charge in [-0.05, 0) is 12.8 Å². The van der Waals surface area contributed by atoms with E-state index in [1.807, 2.05) is 4.90 Å². The Morgan fingerprint density at radius 3 is 3.14 bits per heavy atom. The van der Waals surface area contributed by atoms with Crippen molar-refractivity contribution in [1.82, 2.24) is 19.9 Å². The molecule has 22 heavy (non-hydrogen) atoms. The summed E-state index contributed by atoms with van der Waals surface area (Å²) >= 11 is 0. The van der Waals surface area contributed by atoms with Crippen LogP contribution in [0.3, 0.4) is 0 Å². The molecule has 1 aromatic rings. The van der Waals surface area contributed by atoms with E-state index < -0.39 is 0 Å². The van der Waals surface area contributed by atoms with Crippen molar-refractivity contribution in [2.24, 2.45) is 5.92 Å². The van der Waals surface area contributed by atoms with Gasteiger partial charge >= 0.3 is 0 Å². The third-order valence-corrected chi connectivity index (χ3v) is 4.81. The zero-order chi connectivity index (χ0) is 15.4. The fraction of sp³-hybridized carbons (Fsp3) is 0.800. The zero-order valence-electron chi connectivity index (χ0n) is 13.1. The molecule has 1 saturated heterocycles. The van der Waals surface area contributed by atoms with Gasteiger partial charge in [0.1, 0.15) is 0 Å². The molecule has 0 bridgehead atoms. The highest BCUT2D eigenvalue weighted by Gasteiger charge is 2.40. The third-order valence-electron chi connectivity index (χ3n) is 4.81. The molecule has 0 radical (unpaired) electrons. The third kappa shape index (κ3) is 3.30. The van der Waals surface area contributed by atoms with E-state index in [-0.39, 0.29) is 18.1 Å². The molecule has 0 unspecified atom stereocenters. The summed E-state index contributed by atoms with van der Waals surface area (Å²) in [6.45, 7) is 2.49. The van der Waals surface area contributed by atoms with Crippen LogP contribution in [-0.2, 0) is 20.8 Å². The van der Waals surface area contributed by atoms with Crippen LogP contribution in [0, 0.1) is 5.92 Å². The average Bonchev–Trinajstić information content (AvgIpc) is 3.23. The normalized spacial score (nSPS) is 29.0. The number of aryl methyl sites for hydroxylation is 1. The van der Waals surface area contributed by atoms with E-state index in [9.17, 15) is 4.79 Å². The fourth-order valence-electron chi connectivity index (χ4n) is 3.68. The lowest BCUT2D eigenvalue weighted by Gasteiger charge is -2.40. The summed E-state index contributed by atoms with van der Waals surface area (Å²) in [6, 6.07) is 0.143. The number of carbonyl (C=O) groups excluding carboxylic acids is 1. The van der Waals surface area contributed by atoms with Crippen molar-refractivity contribution in [1.29, 1.82) is 0 Å². The van der Waals surface area contributed by atoms with Crippen LogP contribution < -0.4 is 0 Å². The quantitative estimate of drug-likeness (QED) is 0.801. The molecule has 1 aliphatic heterocycles. The molecule has 0 N–H and O–H groups in total. The van der Waals surface area contributed by atoms with Crippen LogP contribution in [0.25, 0.3) is 0 Å². The summed E-state index contributed by atoms with van der Waals surface area (Å²) in [5, 5.41) is 7.67. The molecule has 7 nitrogen and oxygen atoms in total. The highest BCUT2D eigenvalue weighted by Crippen LogP contribution is 2.34. The molecule has 1 aromatic heterocycles. The van der Waals surface area contributed by atoms with E-state index in [4.69, 9.17) is 9.47 Å². The Morgan fingerprint density at radius 2 is 2.36 bits per heavy atom. The Morgan fingerprint density at radius 1 is 1.45 bits per heavy atom. The fourth-order valence-corrected chi connectivity index (χ4v) is 3.68. The molecule has 0 spiro atoms. The van der Waals surface area contributed by atoms with Gasteiger partial charge in [0.15, 0.2) is 0 Å². The van der Waals surface area contributed by atoms with Gasteiger partial charge < -0.3 is 14.4 Å². The number of amides is 1. The second kappa shape index (κ2) is 7.19. The molecule has 2 heterocycles.